The zero-order valence-corrected chi connectivity index (χ0v) is 11.8. The molecule has 20 heavy (non-hydrogen) atoms. The number of nitriles is 2. The van der Waals surface area contributed by atoms with Gasteiger partial charge in [0.2, 0.25) is 0 Å². The summed E-state index contributed by atoms with van der Waals surface area (Å²) in [5.41, 5.74) is 2.32. The second-order valence-corrected chi connectivity index (χ2v) is 5.44. The Morgan fingerprint density at radius 3 is 2.55 bits per heavy atom. The number of likely N-dealkylation sites (tertiary alicyclic amines) is 1. The molecule has 3 heteroatoms. The zero-order chi connectivity index (χ0) is 14.4. The van der Waals surface area contributed by atoms with Crippen LogP contribution >= 0.6 is 0 Å². The standard InChI is InChI=1S/C17H19N3/c1-14-6-8-20(9-7-14)13-17-5-3-2-4-16(17)10-15(11-18)12-19/h2-5,10,14H,6-9,13H2,1H3. The van der Waals surface area contributed by atoms with E-state index in [2.05, 4.69) is 17.9 Å². The molecule has 3 nitrogen and oxygen atoms in total. The highest BCUT2D eigenvalue weighted by Crippen LogP contribution is 2.20. The van der Waals surface area contributed by atoms with E-state index in [0.29, 0.717) is 0 Å². The number of hydrogen-bond donors (Lipinski definition) is 0. The van der Waals surface area contributed by atoms with Crippen LogP contribution in [0.3, 0.4) is 0 Å². The number of piperidine rings is 1. The Kier molecular flexibility index (Phi) is 4.93. The van der Waals surface area contributed by atoms with Crippen molar-refractivity contribution in [2.24, 2.45) is 5.92 Å². The number of hydrogen-bond acceptors (Lipinski definition) is 3. The van der Waals surface area contributed by atoms with Gasteiger partial charge in [-0.2, -0.15) is 10.5 Å². The smallest absolute Gasteiger partial charge is 0.130 e. The Morgan fingerprint density at radius 1 is 1.25 bits per heavy atom. The zero-order valence-electron chi connectivity index (χ0n) is 11.8. The summed E-state index contributed by atoms with van der Waals surface area (Å²) in [4.78, 5) is 2.45. The Morgan fingerprint density at radius 2 is 1.90 bits per heavy atom. The van der Waals surface area contributed by atoms with Crippen LogP contribution in [0.1, 0.15) is 30.9 Å². The van der Waals surface area contributed by atoms with Crippen molar-refractivity contribution in [2.75, 3.05) is 13.1 Å². The van der Waals surface area contributed by atoms with Gasteiger partial charge in [0, 0.05) is 6.54 Å². The van der Waals surface area contributed by atoms with Crippen LogP contribution in [0, 0.1) is 28.6 Å². The molecule has 0 atom stereocenters. The molecular formula is C17H19N3. The van der Waals surface area contributed by atoms with Crippen molar-refractivity contribution in [3.05, 3.63) is 41.0 Å². The molecule has 1 aliphatic heterocycles. The van der Waals surface area contributed by atoms with E-state index in [4.69, 9.17) is 10.5 Å². The molecule has 0 radical (unpaired) electrons. The molecule has 1 saturated heterocycles. The molecule has 1 aromatic rings. The minimum atomic E-state index is 0.157. The van der Waals surface area contributed by atoms with Crippen molar-refractivity contribution in [1.82, 2.24) is 4.90 Å². The molecule has 1 fully saturated rings. The van der Waals surface area contributed by atoms with E-state index in [-0.39, 0.29) is 5.57 Å². The molecule has 0 spiro atoms. The molecule has 1 aromatic carbocycles. The number of allylic oxidation sites excluding steroid dienone is 1. The van der Waals surface area contributed by atoms with Crippen molar-refractivity contribution in [3.8, 4) is 12.1 Å². The Bertz CT molecular complexity index is 551. The first-order valence-electron chi connectivity index (χ1n) is 7.05. The lowest BCUT2D eigenvalue weighted by Gasteiger charge is -2.30. The minimum Gasteiger partial charge on any atom is -0.299 e. The molecule has 0 N–H and O–H groups in total. The lowest BCUT2D eigenvalue weighted by molar-refractivity contribution is 0.185. The highest BCUT2D eigenvalue weighted by Gasteiger charge is 2.16. The summed E-state index contributed by atoms with van der Waals surface area (Å²) in [5.74, 6) is 0.824. The van der Waals surface area contributed by atoms with Gasteiger partial charge >= 0.3 is 0 Å². The normalized spacial score (nSPS) is 16.1. The van der Waals surface area contributed by atoms with Gasteiger partial charge in [-0.15, -0.1) is 0 Å². The molecule has 1 aliphatic rings. The van der Waals surface area contributed by atoms with Crippen LogP contribution in [0.2, 0.25) is 0 Å². The van der Waals surface area contributed by atoms with Gasteiger partial charge in [0.15, 0.2) is 0 Å². The van der Waals surface area contributed by atoms with E-state index in [0.717, 1.165) is 31.1 Å². The maximum absolute atomic E-state index is 8.88. The lowest BCUT2D eigenvalue weighted by Crippen LogP contribution is -2.32. The summed E-state index contributed by atoms with van der Waals surface area (Å²) in [6, 6.07) is 11.9. The fraction of sp³-hybridized carbons (Fsp3) is 0.412. The molecule has 0 aliphatic carbocycles. The number of nitrogens with zero attached hydrogens (tertiary/aromatic N) is 3. The molecule has 2 rings (SSSR count). The predicted molar refractivity (Wildman–Crippen MR) is 79.3 cm³/mol. The summed E-state index contributed by atoms with van der Waals surface area (Å²) in [6.07, 6.45) is 4.18. The third kappa shape index (κ3) is 3.70. The maximum atomic E-state index is 8.88. The third-order valence-corrected chi connectivity index (χ3v) is 3.87. The van der Waals surface area contributed by atoms with E-state index in [9.17, 15) is 0 Å². The highest BCUT2D eigenvalue weighted by atomic mass is 15.1. The van der Waals surface area contributed by atoms with Gasteiger partial charge in [-0.3, -0.25) is 4.90 Å². The van der Waals surface area contributed by atoms with Crippen molar-refractivity contribution >= 4 is 6.08 Å². The SMILES string of the molecule is CC1CCN(Cc2ccccc2C=C(C#N)C#N)CC1. The molecule has 102 valence electrons. The first-order chi connectivity index (χ1) is 9.72. The third-order valence-electron chi connectivity index (χ3n) is 3.87. The minimum absolute atomic E-state index is 0.157. The van der Waals surface area contributed by atoms with Gasteiger partial charge in [-0.05, 0) is 49.1 Å². The topological polar surface area (TPSA) is 50.8 Å². The van der Waals surface area contributed by atoms with Gasteiger partial charge in [-0.1, -0.05) is 31.2 Å². The number of rotatable bonds is 3. The monoisotopic (exact) mass is 265 g/mol. The molecule has 1 heterocycles. The first-order valence-corrected chi connectivity index (χ1v) is 7.05. The molecule has 0 amide bonds. The Balaban J connectivity index is 2.15. The van der Waals surface area contributed by atoms with Crippen LogP contribution in [-0.4, -0.2) is 18.0 Å². The van der Waals surface area contributed by atoms with E-state index in [1.165, 1.54) is 18.4 Å². The summed E-state index contributed by atoms with van der Waals surface area (Å²) in [6.45, 7) is 5.45. The largest absolute Gasteiger partial charge is 0.299 e. The summed E-state index contributed by atoms with van der Waals surface area (Å²) in [7, 11) is 0. The van der Waals surface area contributed by atoms with E-state index >= 15 is 0 Å². The van der Waals surface area contributed by atoms with Gasteiger partial charge < -0.3 is 0 Å². The van der Waals surface area contributed by atoms with Crippen LogP contribution in [0.4, 0.5) is 0 Å². The molecule has 0 bridgehead atoms. The average Bonchev–Trinajstić information content (AvgIpc) is 2.48. The Labute approximate surface area is 120 Å². The fourth-order valence-electron chi connectivity index (χ4n) is 2.53. The van der Waals surface area contributed by atoms with Crippen LogP contribution < -0.4 is 0 Å². The lowest BCUT2D eigenvalue weighted by atomic mass is 9.98. The van der Waals surface area contributed by atoms with Crippen molar-refractivity contribution in [1.29, 1.82) is 10.5 Å². The van der Waals surface area contributed by atoms with E-state index in [1.54, 1.807) is 6.08 Å². The van der Waals surface area contributed by atoms with Crippen LogP contribution in [0.15, 0.2) is 29.8 Å². The summed E-state index contributed by atoms with van der Waals surface area (Å²) < 4.78 is 0. The second-order valence-electron chi connectivity index (χ2n) is 5.44. The van der Waals surface area contributed by atoms with Gasteiger partial charge in [0.05, 0.1) is 0 Å². The Hall–Kier alpha value is -2.10. The molecule has 0 unspecified atom stereocenters. The van der Waals surface area contributed by atoms with E-state index < -0.39 is 0 Å². The first kappa shape index (κ1) is 14.3. The summed E-state index contributed by atoms with van der Waals surface area (Å²) in [5, 5.41) is 17.8. The van der Waals surface area contributed by atoms with Crippen LogP contribution in [0.25, 0.3) is 6.08 Å². The molecule has 0 aromatic heterocycles. The van der Waals surface area contributed by atoms with Gasteiger partial charge in [0.25, 0.3) is 0 Å². The average molecular weight is 265 g/mol. The molecular weight excluding hydrogens is 246 g/mol. The molecule has 0 saturated carbocycles. The summed E-state index contributed by atoms with van der Waals surface area (Å²) >= 11 is 0. The second kappa shape index (κ2) is 6.89. The van der Waals surface area contributed by atoms with Crippen LogP contribution in [0.5, 0.6) is 0 Å². The van der Waals surface area contributed by atoms with E-state index in [1.807, 2.05) is 30.3 Å². The maximum Gasteiger partial charge on any atom is 0.130 e. The highest BCUT2D eigenvalue weighted by molar-refractivity contribution is 5.64. The van der Waals surface area contributed by atoms with Crippen molar-refractivity contribution < 1.29 is 0 Å². The predicted octanol–water partition coefficient (Wildman–Crippen LogP) is 3.35. The van der Waals surface area contributed by atoms with Crippen molar-refractivity contribution in [2.45, 2.75) is 26.3 Å². The number of benzene rings is 1. The quantitative estimate of drug-likeness (QED) is 0.787. The van der Waals surface area contributed by atoms with Crippen LogP contribution in [-0.2, 0) is 6.54 Å². The van der Waals surface area contributed by atoms with Gasteiger partial charge in [-0.25, -0.2) is 0 Å². The fourth-order valence-corrected chi connectivity index (χ4v) is 2.53. The van der Waals surface area contributed by atoms with Gasteiger partial charge in [0.1, 0.15) is 17.7 Å². The van der Waals surface area contributed by atoms with Crippen molar-refractivity contribution in [3.63, 3.8) is 0 Å².